The first-order valence-corrected chi connectivity index (χ1v) is 27.1. The highest BCUT2D eigenvalue weighted by Gasteiger charge is 2.27. The molecular formula is C56H95NO8P+. The number of nitrogens with zero attached hydrogens (tertiary/aromatic N) is 1. The van der Waals surface area contributed by atoms with Crippen LogP contribution in [0.5, 0.6) is 0 Å². The lowest BCUT2D eigenvalue weighted by Crippen LogP contribution is -2.37. The van der Waals surface area contributed by atoms with E-state index >= 15 is 0 Å². The molecule has 0 aliphatic rings. The van der Waals surface area contributed by atoms with E-state index in [9.17, 15) is 19.0 Å². The van der Waals surface area contributed by atoms with E-state index in [4.69, 9.17) is 18.5 Å². The lowest BCUT2D eigenvalue weighted by atomic mass is 10.1. The second kappa shape index (κ2) is 46.8. The highest BCUT2D eigenvalue weighted by molar-refractivity contribution is 7.47. The Morgan fingerprint density at radius 1 is 0.485 bits per heavy atom. The summed E-state index contributed by atoms with van der Waals surface area (Å²) in [5, 5.41) is 0. The molecule has 0 aliphatic carbocycles. The van der Waals surface area contributed by atoms with Gasteiger partial charge in [0.25, 0.3) is 0 Å². The van der Waals surface area contributed by atoms with Gasteiger partial charge in [-0.2, -0.15) is 0 Å². The third-order valence-corrected chi connectivity index (χ3v) is 11.3. The van der Waals surface area contributed by atoms with E-state index in [1.165, 1.54) is 32.1 Å². The topological polar surface area (TPSA) is 108 Å². The Kier molecular flexibility index (Phi) is 44.4. The summed E-state index contributed by atoms with van der Waals surface area (Å²) in [7, 11) is 1.44. The fraction of sp³-hybridized carbons (Fsp3) is 0.643. The third kappa shape index (κ3) is 50.1. The molecule has 10 heteroatoms. The van der Waals surface area contributed by atoms with E-state index in [-0.39, 0.29) is 32.0 Å². The van der Waals surface area contributed by atoms with Crippen molar-refractivity contribution in [1.29, 1.82) is 0 Å². The van der Waals surface area contributed by atoms with Crippen molar-refractivity contribution in [2.45, 2.75) is 187 Å². The van der Waals surface area contributed by atoms with Crippen LogP contribution >= 0.6 is 7.82 Å². The summed E-state index contributed by atoms with van der Waals surface area (Å²) in [6.07, 6.45) is 64.3. The van der Waals surface area contributed by atoms with Crippen LogP contribution in [0.15, 0.2) is 109 Å². The number of likely N-dealkylation sites (N-methyl/N-ethyl adjacent to an activating group) is 1. The van der Waals surface area contributed by atoms with Crippen LogP contribution in [0.4, 0.5) is 0 Å². The number of unbranched alkanes of at least 4 members (excludes halogenated alkanes) is 13. The zero-order valence-corrected chi connectivity index (χ0v) is 43.3. The molecule has 0 radical (unpaired) electrons. The van der Waals surface area contributed by atoms with Gasteiger partial charge in [-0.3, -0.25) is 18.6 Å². The van der Waals surface area contributed by atoms with Crippen LogP contribution in [0.2, 0.25) is 0 Å². The Morgan fingerprint density at radius 2 is 0.864 bits per heavy atom. The van der Waals surface area contributed by atoms with Gasteiger partial charge in [0.15, 0.2) is 6.10 Å². The lowest BCUT2D eigenvalue weighted by molar-refractivity contribution is -0.870. The molecule has 0 amide bonds. The number of esters is 2. The van der Waals surface area contributed by atoms with E-state index in [2.05, 4.69) is 123 Å². The molecular weight excluding hydrogens is 846 g/mol. The monoisotopic (exact) mass is 941 g/mol. The van der Waals surface area contributed by atoms with Crippen molar-refractivity contribution in [2.24, 2.45) is 0 Å². The molecule has 0 spiro atoms. The predicted octanol–water partition coefficient (Wildman–Crippen LogP) is 15.5. The normalized spacial score (nSPS) is 14.3. The molecule has 0 aliphatic heterocycles. The number of quaternary nitrogens is 1. The van der Waals surface area contributed by atoms with Crippen molar-refractivity contribution in [2.75, 3.05) is 47.5 Å². The maximum Gasteiger partial charge on any atom is 0.472 e. The summed E-state index contributed by atoms with van der Waals surface area (Å²) in [5.74, 6) is -0.847. The third-order valence-electron chi connectivity index (χ3n) is 10.3. The van der Waals surface area contributed by atoms with Gasteiger partial charge in [0, 0.05) is 12.8 Å². The van der Waals surface area contributed by atoms with Crippen molar-refractivity contribution in [3.05, 3.63) is 109 Å². The molecule has 66 heavy (non-hydrogen) atoms. The maximum absolute atomic E-state index is 12.7. The molecule has 1 N–H and O–H groups in total. The predicted molar refractivity (Wildman–Crippen MR) is 279 cm³/mol. The van der Waals surface area contributed by atoms with E-state index in [0.717, 1.165) is 116 Å². The Bertz CT molecular complexity index is 1480. The molecule has 0 bridgehead atoms. The second-order valence-corrected chi connectivity index (χ2v) is 19.3. The zero-order valence-electron chi connectivity index (χ0n) is 42.4. The lowest BCUT2D eigenvalue weighted by Gasteiger charge is -2.24. The van der Waals surface area contributed by atoms with Crippen LogP contribution in [0.1, 0.15) is 181 Å². The van der Waals surface area contributed by atoms with Gasteiger partial charge in [-0.15, -0.1) is 0 Å². The van der Waals surface area contributed by atoms with Crippen molar-refractivity contribution in [1.82, 2.24) is 0 Å². The summed E-state index contributed by atoms with van der Waals surface area (Å²) >= 11 is 0. The van der Waals surface area contributed by atoms with Crippen LogP contribution in [0.3, 0.4) is 0 Å². The Balaban J connectivity index is 4.32. The fourth-order valence-corrected chi connectivity index (χ4v) is 7.06. The number of ether oxygens (including phenoxy) is 2. The van der Waals surface area contributed by atoms with E-state index < -0.39 is 26.5 Å². The number of carbonyl (C=O) groups is 2. The molecule has 0 aromatic carbocycles. The van der Waals surface area contributed by atoms with Gasteiger partial charge in [0.05, 0.1) is 27.7 Å². The zero-order chi connectivity index (χ0) is 48.5. The number of hydrogen-bond acceptors (Lipinski definition) is 7. The molecule has 0 saturated carbocycles. The molecule has 2 unspecified atom stereocenters. The molecule has 9 nitrogen and oxygen atoms in total. The molecule has 0 fully saturated rings. The quantitative estimate of drug-likeness (QED) is 0.0211. The van der Waals surface area contributed by atoms with Crippen molar-refractivity contribution < 1.29 is 42.1 Å². The SMILES string of the molecule is CC/C=C\C/C=C\C/C=C\C/C=C\C/C=C\C/C=C\C/C=C\C/C=C\CCCCCCC(=O)OC(COC(=O)CCCCCCC/C=C\CCCCCC)COP(=O)(O)OCC[N+](C)(C)C. The van der Waals surface area contributed by atoms with Crippen LogP contribution in [0.25, 0.3) is 0 Å². The second-order valence-electron chi connectivity index (χ2n) is 17.8. The summed E-state index contributed by atoms with van der Waals surface area (Å²) in [5.41, 5.74) is 0. The first-order valence-electron chi connectivity index (χ1n) is 25.6. The average Bonchev–Trinajstić information content (AvgIpc) is 3.27. The van der Waals surface area contributed by atoms with E-state index in [1.807, 2.05) is 21.1 Å². The van der Waals surface area contributed by atoms with Crippen LogP contribution in [-0.2, 0) is 32.7 Å². The van der Waals surface area contributed by atoms with E-state index in [1.54, 1.807) is 0 Å². The highest BCUT2D eigenvalue weighted by Crippen LogP contribution is 2.43. The standard InChI is InChI=1S/C56H94NO8P/c1-6-8-10-12-14-16-18-20-21-22-23-24-25-26-27-28-29-30-31-32-33-34-35-37-39-41-43-45-47-49-56(59)65-54(53-64-66(60,61)63-51-50-57(3,4)5)52-62-55(58)48-46-44-42-40-38-36-19-17-15-13-11-9-7-2/h8,10,14,16-17,19-21,23-24,26-27,29-30,32-33,35,37,54H,6-7,9,11-13,15,18,22,25,28,31,34,36,38-53H2,1-5H3/p+1/b10-8-,16-14-,19-17-,21-20-,24-23-,27-26-,30-29-,33-32-,37-35-. The smallest absolute Gasteiger partial charge is 0.462 e. The molecule has 0 aromatic rings. The first-order chi connectivity index (χ1) is 32.0. The first kappa shape index (κ1) is 62.7. The summed E-state index contributed by atoms with van der Waals surface area (Å²) < 4.78 is 34.4. The minimum atomic E-state index is -4.40. The van der Waals surface area contributed by atoms with Crippen LogP contribution in [-0.4, -0.2) is 74.9 Å². The number of carbonyl (C=O) groups excluding carboxylic acids is 2. The Labute approximate surface area is 404 Å². The Hall–Kier alpha value is -3.33. The summed E-state index contributed by atoms with van der Waals surface area (Å²) in [6.45, 7) is 4.23. The van der Waals surface area contributed by atoms with Gasteiger partial charge in [0.1, 0.15) is 19.8 Å². The summed E-state index contributed by atoms with van der Waals surface area (Å²) in [6, 6.07) is 0. The molecule has 2 atom stereocenters. The number of rotatable bonds is 45. The van der Waals surface area contributed by atoms with Crippen LogP contribution < -0.4 is 0 Å². The molecule has 0 saturated heterocycles. The van der Waals surface area contributed by atoms with Gasteiger partial charge in [-0.05, 0) is 103 Å². The van der Waals surface area contributed by atoms with Gasteiger partial charge in [-0.1, -0.05) is 175 Å². The molecule has 0 aromatic heterocycles. The largest absolute Gasteiger partial charge is 0.472 e. The van der Waals surface area contributed by atoms with Crippen molar-refractivity contribution >= 4 is 19.8 Å². The number of allylic oxidation sites excluding steroid dienone is 18. The summed E-state index contributed by atoms with van der Waals surface area (Å²) in [4.78, 5) is 35.5. The number of phosphoric acid groups is 1. The number of phosphoric ester groups is 1. The van der Waals surface area contributed by atoms with Crippen LogP contribution in [0, 0.1) is 0 Å². The molecule has 0 rings (SSSR count). The van der Waals surface area contributed by atoms with Gasteiger partial charge in [-0.25, -0.2) is 4.57 Å². The maximum atomic E-state index is 12.7. The van der Waals surface area contributed by atoms with Crippen molar-refractivity contribution in [3.63, 3.8) is 0 Å². The molecule has 0 heterocycles. The van der Waals surface area contributed by atoms with Crippen molar-refractivity contribution in [3.8, 4) is 0 Å². The minimum Gasteiger partial charge on any atom is -0.462 e. The van der Waals surface area contributed by atoms with Gasteiger partial charge < -0.3 is 18.9 Å². The van der Waals surface area contributed by atoms with E-state index in [0.29, 0.717) is 17.4 Å². The minimum absolute atomic E-state index is 0.0190. The van der Waals surface area contributed by atoms with Gasteiger partial charge >= 0.3 is 19.8 Å². The molecule has 376 valence electrons. The Morgan fingerprint density at radius 3 is 1.30 bits per heavy atom. The fourth-order valence-electron chi connectivity index (χ4n) is 6.32. The average molecular weight is 941 g/mol. The highest BCUT2D eigenvalue weighted by atomic mass is 31.2. The van der Waals surface area contributed by atoms with Gasteiger partial charge in [0.2, 0.25) is 0 Å². The number of hydrogen-bond donors (Lipinski definition) is 1.